The molecule has 0 aliphatic heterocycles. The minimum Gasteiger partial charge on any atom is -0.463 e. The predicted octanol–water partition coefficient (Wildman–Crippen LogP) is 3.06. The molecular weight excluding hydrogens is 338 g/mol. The van der Waals surface area contributed by atoms with Gasteiger partial charge in [0.15, 0.2) is 0 Å². The lowest BCUT2D eigenvalue weighted by Gasteiger charge is -2.04. The number of allylic oxidation sites excluding steroid dienone is 6. The molecule has 0 unspecified atom stereocenters. The van der Waals surface area contributed by atoms with E-state index in [-0.39, 0.29) is 17.4 Å². The number of hydrogen-bond acceptors (Lipinski definition) is 4. The molecule has 0 amide bonds. The first-order chi connectivity index (χ1) is 12.0. The Hall–Kier alpha value is -2.44. The highest BCUT2D eigenvalue weighted by Gasteiger charge is 2.11. The molecular formula is C19H23NO4S. The Balaban J connectivity index is 2.36. The topological polar surface area (TPSA) is 72.5 Å². The van der Waals surface area contributed by atoms with Crippen molar-refractivity contribution in [2.75, 3.05) is 13.2 Å². The van der Waals surface area contributed by atoms with Gasteiger partial charge in [-0.3, -0.25) is 0 Å². The van der Waals surface area contributed by atoms with E-state index >= 15 is 0 Å². The number of carbonyl (C=O) groups excluding carboxylic acids is 1. The highest BCUT2D eigenvalue weighted by molar-refractivity contribution is 7.89. The Morgan fingerprint density at radius 3 is 2.28 bits per heavy atom. The van der Waals surface area contributed by atoms with Crippen molar-refractivity contribution >= 4 is 16.0 Å². The van der Waals surface area contributed by atoms with Crippen LogP contribution in [0.3, 0.4) is 0 Å². The fraction of sp³-hybridized carbons (Fsp3) is 0.211. The van der Waals surface area contributed by atoms with Gasteiger partial charge in [-0.05, 0) is 26.0 Å². The molecule has 1 aromatic carbocycles. The van der Waals surface area contributed by atoms with Gasteiger partial charge in [0.1, 0.15) is 0 Å². The van der Waals surface area contributed by atoms with Gasteiger partial charge in [0, 0.05) is 12.6 Å². The summed E-state index contributed by atoms with van der Waals surface area (Å²) in [6.07, 6.45) is 13.3. The third-order valence-electron chi connectivity index (χ3n) is 2.93. The van der Waals surface area contributed by atoms with Crippen LogP contribution in [0.1, 0.15) is 12.5 Å². The van der Waals surface area contributed by atoms with Gasteiger partial charge in [-0.1, -0.05) is 60.2 Å². The van der Waals surface area contributed by atoms with E-state index in [1.807, 2.05) is 6.92 Å². The van der Waals surface area contributed by atoms with Crippen molar-refractivity contribution in [2.24, 2.45) is 0 Å². The van der Waals surface area contributed by atoms with Crippen molar-refractivity contribution in [2.45, 2.75) is 18.7 Å². The molecule has 0 fully saturated rings. The monoisotopic (exact) mass is 361 g/mol. The summed E-state index contributed by atoms with van der Waals surface area (Å²) in [7, 11) is -3.49. The summed E-state index contributed by atoms with van der Waals surface area (Å²) in [6.45, 7) is 4.20. The van der Waals surface area contributed by atoms with Crippen molar-refractivity contribution in [1.82, 2.24) is 4.72 Å². The lowest BCUT2D eigenvalue weighted by Crippen LogP contribution is -2.23. The van der Waals surface area contributed by atoms with Gasteiger partial charge >= 0.3 is 5.97 Å². The van der Waals surface area contributed by atoms with Crippen molar-refractivity contribution in [3.63, 3.8) is 0 Å². The van der Waals surface area contributed by atoms with Crippen LogP contribution >= 0.6 is 0 Å². The first kappa shape index (κ1) is 20.6. The zero-order valence-corrected chi connectivity index (χ0v) is 15.2. The van der Waals surface area contributed by atoms with Crippen LogP contribution in [0, 0.1) is 6.92 Å². The van der Waals surface area contributed by atoms with Crippen LogP contribution in [0.4, 0.5) is 0 Å². The van der Waals surface area contributed by atoms with Crippen LogP contribution < -0.4 is 4.72 Å². The molecule has 0 aliphatic rings. The standard InChI is InChI=1S/C19H23NO4S/c1-3-24-19(21)11-9-7-5-4-6-8-10-16-20-25(22,23)18-14-12-17(2)13-15-18/h4-15,20H,3,16H2,1-2H3/b6-4+,7-5+,10-8+,11-9+. The molecule has 1 rings (SSSR count). The Bertz CT molecular complexity index is 757. The molecule has 1 aromatic rings. The molecule has 0 atom stereocenters. The molecule has 0 radical (unpaired) electrons. The van der Waals surface area contributed by atoms with Gasteiger partial charge in [0.05, 0.1) is 11.5 Å². The minimum atomic E-state index is -3.49. The number of benzene rings is 1. The van der Waals surface area contributed by atoms with E-state index in [0.717, 1.165) is 5.56 Å². The second-order valence-electron chi connectivity index (χ2n) is 4.97. The normalized spacial score (nSPS) is 12.7. The summed E-state index contributed by atoms with van der Waals surface area (Å²) < 4.78 is 31.3. The Kier molecular flexibility index (Phi) is 9.21. The summed E-state index contributed by atoms with van der Waals surface area (Å²) in [4.78, 5) is 11.3. The highest BCUT2D eigenvalue weighted by Crippen LogP contribution is 2.09. The minimum absolute atomic E-state index is 0.201. The van der Waals surface area contributed by atoms with E-state index < -0.39 is 10.0 Å². The maximum absolute atomic E-state index is 12.0. The van der Waals surface area contributed by atoms with Crippen LogP contribution in [-0.4, -0.2) is 27.5 Å². The molecule has 0 spiro atoms. The van der Waals surface area contributed by atoms with Crippen LogP contribution in [-0.2, 0) is 19.6 Å². The fourth-order valence-electron chi connectivity index (χ4n) is 1.69. The number of aryl methyl sites for hydroxylation is 1. The lowest BCUT2D eigenvalue weighted by atomic mass is 10.2. The number of ether oxygens (including phenoxy) is 1. The van der Waals surface area contributed by atoms with E-state index in [2.05, 4.69) is 4.72 Å². The largest absolute Gasteiger partial charge is 0.463 e. The molecule has 0 aliphatic carbocycles. The molecule has 0 bridgehead atoms. The van der Waals surface area contributed by atoms with E-state index in [9.17, 15) is 13.2 Å². The second-order valence-corrected chi connectivity index (χ2v) is 6.74. The van der Waals surface area contributed by atoms with E-state index in [1.54, 1.807) is 73.7 Å². The van der Waals surface area contributed by atoms with Crippen molar-refractivity contribution in [3.8, 4) is 0 Å². The summed E-state index contributed by atoms with van der Waals surface area (Å²) >= 11 is 0. The molecule has 6 heteroatoms. The highest BCUT2D eigenvalue weighted by atomic mass is 32.2. The van der Waals surface area contributed by atoms with Crippen molar-refractivity contribution in [3.05, 3.63) is 78.4 Å². The second kappa shape index (κ2) is 11.2. The van der Waals surface area contributed by atoms with Crippen LogP contribution in [0.5, 0.6) is 0 Å². The van der Waals surface area contributed by atoms with Crippen LogP contribution in [0.25, 0.3) is 0 Å². The summed E-state index contributed by atoms with van der Waals surface area (Å²) in [5.41, 5.74) is 1.01. The molecule has 0 saturated heterocycles. The fourth-order valence-corrected chi connectivity index (χ4v) is 2.66. The lowest BCUT2D eigenvalue weighted by molar-refractivity contribution is -0.137. The number of esters is 1. The number of nitrogens with one attached hydrogen (secondary N) is 1. The molecule has 5 nitrogen and oxygen atoms in total. The zero-order chi connectivity index (χ0) is 18.5. The van der Waals surface area contributed by atoms with E-state index in [0.29, 0.717) is 6.61 Å². The van der Waals surface area contributed by atoms with Crippen LogP contribution in [0.2, 0.25) is 0 Å². The van der Waals surface area contributed by atoms with Gasteiger partial charge in [-0.25, -0.2) is 17.9 Å². The molecule has 0 aromatic heterocycles. The number of sulfonamides is 1. The number of carbonyl (C=O) groups is 1. The average Bonchev–Trinajstić information content (AvgIpc) is 2.57. The first-order valence-corrected chi connectivity index (χ1v) is 9.33. The zero-order valence-electron chi connectivity index (χ0n) is 14.4. The summed E-state index contributed by atoms with van der Waals surface area (Å²) in [5.74, 6) is -0.378. The van der Waals surface area contributed by atoms with E-state index in [4.69, 9.17) is 4.74 Å². The SMILES string of the molecule is CCOC(=O)/C=C/C=C/C=C/C=C/CNS(=O)(=O)c1ccc(C)cc1. The Labute approximate surface area is 149 Å². The molecule has 0 saturated carbocycles. The first-order valence-electron chi connectivity index (χ1n) is 7.85. The maximum Gasteiger partial charge on any atom is 0.330 e. The Morgan fingerprint density at radius 2 is 1.64 bits per heavy atom. The van der Waals surface area contributed by atoms with Gasteiger partial charge in [-0.2, -0.15) is 0 Å². The van der Waals surface area contributed by atoms with Gasteiger partial charge in [0.2, 0.25) is 10.0 Å². The van der Waals surface area contributed by atoms with Gasteiger partial charge in [0.25, 0.3) is 0 Å². The maximum atomic E-state index is 12.0. The Morgan fingerprint density at radius 1 is 1.04 bits per heavy atom. The predicted molar refractivity (Wildman–Crippen MR) is 99.6 cm³/mol. The van der Waals surface area contributed by atoms with Crippen molar-refractivity contribution in [1.29, 1.82) is 0 Å². The van der Waals surface area contributed by atoms with Gasteiger partial charge < -0.3 is 4.74 Å². The third-order valence-corrected chi connectivity index (χ3v) is 4.37. The molecule has 134 valence electrons. The van der Waals surface area contributed by atoms with E-state index in [1.165, 1.54) is 6.08 Å². The summed E-state index contributed by atoms with van der Waals surface area (Å²) in [6, 6.07) is 6.68. The van der Waals surface area contributed by atoms with Crippen LogP contribution in [0.15, 0.2) is 77.8 Å². The molecule has 25 heavy (non-hydrogen) atoms. The third kappa shape index (κ3) is 8.83. The smallest absolute Gasteiger partial charge is 0.330 e. The average molecular weight is 361 g/mol. The number of rotatable bonds is 9. The summed E-state index contributed by atoms with van der Waals surface area (Å²) in [5, 5.41) is 0. The van der Waals surface area contributed by atoms with Crippen molar-refractivity contribution < 1.29 is 17.9 Å². The quantitative estimate of drug-likeness (QED) is 0.417. The van der Waals surface area contributed by atoms with Gasteiger partial charge in [-0.15, -0.1) is 0 Å². The molecule has 1 N–H and O–H groups in total. The molecule has 0 heterocycles. The number of hydrogen-bond donors (Lipinski definition) is 1.